The first-order chi connectivity index (χ1) is 19.7. The number of carbonyl (C=O) groups excluding carboxylic acids is 1. The summed E-state index contributed by atoms with van der Waals surface area (Å²) in [6.07, 6.45) is 2.71. The molecule has 0 fully saturated rings. The molecule has 0 atom stereocenters. The quantitative estimate of drug-likeness (QED) is 0.222. The van der Waals surface area contributed by atoms with Crippen LogP contribution in [0.2, 0.25) is 0 Å². The number of ketones is 1. The van der Waals surface area contributed by atoms with E-state index in [-0.39, 0.29) is 34.9 Å². The van der Waals surface area contributed by atoms with E-state index in [0.717, 1.165) is 0 Å². The number of fused-ring (bicyclic) bond motifs is 1. The third kappa shape index (κ3) is 5.36. The van der Waals surface area contributed by atoms with Crippen molar-refractivity contribution in [2.45, 2.75) is 13.3 Å². The number of methoxy groups -OCH3 is 2. The van der Waals surface area contributed by atoms with E-state index in [2.05, 4.69) is 9.97 Å². The van der Waals surface area contributed by atoms with Gasteiger partial charge in [0.15, 0.2) is 34.3 Å². The Morgan fingerprint density at radius 1 is 0.976 bits per heavy atom. The number of aromatic nitrogens is 3. The Kier molecular flexibility index (Phi) is 7.47. The number of rotatable bonds is 8. The monoisotopic (exact) mass is 557 g/mol. The van der Waals surface area contributed by atoms with Gasteiger partial charge in [-0.3, -0.25) is 14.6 Å². The normalized spacial score (nSPS) is 11.0. The fourth-order valence-electron chi connectivity index (χ4n) is 4.53. The van der Waals surface area contributed by atoms with Gasteiger partial charge in [0.25, 0.3) is 5.88 Å². The average molecular weight is 558 g/mol. The minimum atomic E-state index is -0.710. The Morgan fingerprint density at radius 2 is 1.78 bits per heavy atom. The van der Waals surface area contributed by atoms with Gasteiger partial charge < -0.3 is 18.8 Å². The summed E-state index contributed by atoms with van der Waals surface area (Å²) in [5, 5.41) is 0. The largest absolute Gasteiger partial charge is 0.491 e. The molecule has 0 N–H and O–H groups in total. The van der Waals surface area contributed by atoms with Crippen LogP contribution >= 0.6 is 0 Å². The smallest absolute Gasteiger partial charge is 0.257 e. The standard InChI is InChI=1S/C31H25F2N3O5/c1-17-28(19-6-5-7-20(32)14-19)30(38)21(16-36(17)2)24(37)13-18-8-9-25(22(33)12-18)41-26-10-11-34-23-15-27(39-3)31(40-4)35-29(23)26/h5-12,14-16H,13H2,1-4H3. The molecule has 0 aliphatic rings. The lowest BCUT2D eigenvalue weighted by Gasteiger charge is -2.14. The topological polar surface area (TPSA) is 92.5 Å². The first-order valence-electron chi connectivity index (χ1n) is 12.5. The summed E-state index contributed by atoms with van der Waals surface area (Å²) < 4.78 is 47.0. The average Bonchev–Trinajstić information content (AvgIpc) is 2.95. The van der Waals surface area contributed by atoms with Crippen LogP contribution in [0.1, 0.15) is 21.6 Å². The molecule has 0 aliphatic heterocycles. The second-order valence-electron chi connectivity index (χ2n) is 9.30. The van der Waals surface area contributed by atoms with Crippen molar-refractivity contribution in [3.05, 3.63) is 106 Å². The van der Waals surface area contributed by atoms with Gasteiger partial charge in [-0.15, -0.1) is 0 Å². The van der Waals surface area contributed by atoms with Crippen molar-refractivity contribution in [2.24, 2.45) is 7.05 Å². The van der Waals surface area contributed by atoms with E-state index in [1.54, 1.807) is 42.8 Å². The minimum absolute atomic E-state index is 0.0724. The molecule has 2 aromatic carbocycles. The van der Waals surface area contributed by atoms with Crippen molar-refractivity contribution >= 4 is 16.8 Å². The van der Waals surface area contributed by atoms with Gasteiger partial charge in [-0.2, -0.15) is 0 Å². The molecule has 0 amide bonds. The molecule has 0 radical (unpaired) electrons. The molecule has 0 unspecified atom stereocenters. The molecule has 0 bridgehead atoms. The Morgan fingerprint density at radius 3 is 2.49 bits per heavy atom. The molecule has 0 saturated carbocycles. The molecule has 41 heavy (non-hydrogen) atoms. The van der Waals surface area contributed by atoms with Crippen molar-refractivity contribution in [1.29, 1.82) is 0 Å². The second kappa shape index (κ2) is 11.2. The molecule has 8 nitrogen and oxygen atoms in total. The highest BCUT2D eigenvalue weighted by Gasteiger charge is 2.20. The lowest BCUT2D eigenvalue weighted by molar-refractivity contribution is 0.0991. The van der Waals surface area contributed by atoms with Gasteiger partial charge in [-0.25, -0.2) is 13.8 Å². The van der Waals surface area contributed by atoms with Gasteiger partial charge >= 0.3 is 0 Å². The van der Waals surface area contributed by atoms with Crippen LogP contribution < -0.4 is 19.6 Å². The number of hydrogen-bond acceptors (Lipinski definition) is 7. The molecular formula is C31H25F2N3O5. The molecule has 10 heteroatoms. The number of ether oxygens (including phenoxy) is 3. The third-order valence-corrected chi connectivity index (χ3v) is 6.70. The van der Waals surface area contributed by atoms with E-state index in [1.807, 2.05) is 0 Å². The molecule has 5 rings (SSSR count). The molecular weight excluding hydrogens is 532 g/mol. The van der Waals surface area contributed by atoms with Crippen LogP contribution in [0.3, 0.4) is 0 Å². The minimum Gasteiger partial charge on any atom is -0.491 e. The summed E-state index contributed by atoms with van der Waals surface area (Å²) in [6.45, 7) is 1.72. The van der Waals surface area contributed by atoms with Crippen LogP contribution in [-0.2, 0) is 13.5 Å². The zero-order valence-corrected chi connectivity index (χ0v) is 22.7. The highest BCUT2D eigenvalue weighted by Crippen LogP contribution is 2.34. The number of Topliss-reactive ketones (excluding diaryl/α,β-unsaturated/α-hetero) is 1. The van der Waals surface area contributed by atoms with Gasteiger partial charge in [0.2, 0.25) is 0 Å². The van der Waals surface area contributed by atoms with E-state index >= 15 is 4.39 Å². The Labute approximate surface area is 233 Å². The van der Waals surface area contributed by atoms with Crippen LogP contribution in [0, 0.1) is 18.6 Å². The fourth-order valence-corrected chi connectivity index (χ4v) is 4.53. The molecule has 0 aliphatic carbocycles. The van der Waals surface area contributed by atoms with Crippen molar-refractivity contribution in [3.63, 3.8) is 0 Å². The van der Waals surface area contributed by atoms with Gasteiger partial charge in [0.1, 0.15) is 11.3 Å². The maximum atomic E-state index is 15.2. The van der Waals surface area contributed by atoms with Gasteiger partial charge in [-0.05, 0) is 42.3 Å². The molecule has 0 spiro atoms. The van der Waals surface area contributed by atoms with Crippen molar-refractivity contribution in [1.82, 2.24) is 14.5 Å². The van der Waals surface area contributed by atoms with Gasteiger partial charge in [-0.1, -0.05) is 18.2 Å². The molecule has 0 saturated heterocycles. The summed E-state index contributed by atoms with van der Waals surface area (Å²) in [5.41, 5.74) is 1.75. The van der Waals surface area contributed by atoms with Crippen molar-refractivity contribution < 1.29 is 27.8 Å². The zero-order chi connectivity index (χ0) is 29.3. The van der Waals surface area contributed by atoms with Crippen molar-refractivity contribution in [2.75, 3.05) is 14.2 Å². The predicted octanol–water partition coefficient (Wildman–Crippen LogP) is 5.82. The first kappa shape index (κ1) is 27.4. The van der Waals surface area contributed by atoms with Crippen LogP contribution in [0.5, 0.6) is 23.1 Å². The van der Waals surface area contributed by atoms with E-state index in [4.69, 9.17) is 14.2 Å². The molecule has 3 aromatic heterocycles. The summed E-state index contributed by atoms with van der Waals surface area (Å²) in [4.78, 5) is 35.2. The van der Waals surface area contributed by atoms with Crippen molar-refractivity contribution in [3.8, 4) is 34.3 Å². The number of aryl methyl sites for hydroxylation is 1. The summed E-state index contributed by atoms with van der Waals surface area (Å²) in [7, 11) is 4.62. The predicted molar refractivity (Wildman–Crippen MR) is 149 cm³/mol. The third-order valence-electron chi connectivity index (χ3n) is 6.70. The maximum Gasteiger partial charge on any atom is 0.257 e. The first-order valence-corrected chi connectivity index (χ1v) is 12.5. The SMILES string of the molecule is COc1cc2nccc(Oc3ccc(CC(=O)c4cn(C)c(C)c(-c5cccc(F)c5)c4=O)cc3F)c2nc1OC. The maximum absolute atomic E-state index is 15.2. The zero-order valence-electron chi connectivity index (χ0n) is 22.7. The highest BCUT2D eigenvalue weighted by molar-refractivity contribution is 5.98. The number of nitrogens with zero attached hydrogens (tertiary/aromatic N) is 3. The number of halogens is 2. The number of carbonyl (C=O) groups is 1. The van der Waals surface area contributed by atoms with Gasteiger partial charge in [0.05, 0.1) is 25.3 Å². The highest BCUT2D eigenvalue weighted by atomic mass is 19.1. The lowest BCUT2D eigenvalue weighted by atomic mass is 9.97. The lowest BCUT2D eigenvalue weighted by Crippen LogP contribution is -2.22. The molecule has 208 valence electrons. The second-order valence-corrected chi connectivity index (χ2v) is 9.30. The van der Waals surface area contributed by atoms with Crippen LogP contribution in [0.15, 0.2) is 71.8 Å². The van der Waals surface area contributed by atoms with Crippen LogP contribution in [0.25, 0.3) is 22.2 Å². The Bertz CT molecular complexity index is 1870. The molecule has 3 heterocycles. The summed E-state index contributed by atoms with van der Waals surface area (Å²) in [5.74, 6) is -0.949. The number of benzene rings is 2. The summed E-state index contributed by atoms with van der Waals surface area (Å²) in [6, 6.07) is 12.9. The summed E-state index contributed by atoms with van der Waals surface area (Å²) >= 11 is 0. The van der Waals surface area contributed by atoms with E-state index in [1.165, 1.54) is 56.9 Å². The Hall–Kier alpha value is -5.12. The number of pyridine rings is 3. The fraction of sp³-hybridized carbons (Fsp3) is 0.161. The van der Waals surface area contributed by atoms with Crippen LogP contribution in [-0.4, -0.2) is 34.5 Å². The molecule has 5 aromatic rings. The Balaban J connectivity index is 1.42. The van der Waals surface area contributed by atoms with E-state index in [0.29, 0.717) is 33.6 Å². The van der Waals surface area contributed by atoms with E-state index in [9.17, 15) is 14.0 Å². The van der Waals surface area contributed by atoms with Gasteiger partial charge in [0, 0.05) is 49.3 Å². The van der Waals surface area contributed by atoms with E-state index < -0.39 is 22.8 Å². The number of hydrogen-bond donors (Lipinski definition) is 0. The van der Waals surface area contributed by atoms with Crippen LogP contribution in [0.4, 0.5) is 8.78 Å².